The Labute approximate surface area is 397 Å². The normalized spacial score (nSPS) is 25.3. The number of rotatable bonds is 21. The second kappa shape index (κ2) is 24.7. The monoisotopic (exact) mass is 1010 g/mol. The zero-order valence-corrected chi connectivity index (χ0v) is 40.0. The summed E-state index contributed by atoms with van der Waals surface area (Å²) in [4.78, 5) is 88.8. The van der Waals surface area contributed by atoms with Gasteiger partial charge in [0.2, 0.25) is 17.7 Å². The molecule has 5 aliphatic heterocycles. The molecule has 5 fully saturated rings. The minimum atomic E-state index is -4.77. The number of β-lactam (4-membered cyclic amide) rings is 1. The first-order valence-electron chi connectivity index (χ1n) is 21.9. The number of fused-ring (bicyclic) bond motifs is 3. The Morgan fingerprint density at radius 2 is 1.72 bits per heavy atom. The van der Waals surface area contributed by atoms with Gasteiger partial charge in [0.05, 0.1) is 37.0 Å². The lowest BCUT2D eigenvalue weighted by molar-refractivity contribution is -0.161. The Hall–Kier alpha value is -4.51. The highest BCUT2D eigenvalue weighted by Crippen LogP contribution is 2.51. The Balaban J connectivity index is 0.000000220. The molecule has 0 aromatic rings. The third-order valence-electron chi connectivity index (χ3n) is 12.0. The Morgan fingerprint density at radius 3 is 2.28 bits per heavy atom. The van der Waals surface area contributed by atoms with Gasteiger partial charge in [0, 0.05) is 41.3 Å². The number of carboxylic acids is 3. The molecule has 5 amide bonds. The highest BCUT2D eigenvalue weighted by molar-refractivity contribution is 8.03. The molecule has 4 saturated heterocycles. The second-order valence-electron chi connectivity index (χ2n) is 17.4. The van der Waals surface area contributed by atoms with Crippen molar-refractivity contribution in [3.63, 3.8) is 0 Å². The van der Waals surface area contributed by atoms with E-state index in [0.29, 0.717) is 53.7 Å². The van der Waals surface area contributed by atoms with E-state index in [1.165, 1.54) is 45.7 Å². The van der Waals surface area contributed by atoms with Gasteiger partial charge in [-0.15, -0.1) is 16.0 Å². The first-order chi connectivity index (χ1) is 31.5. The summed E-state index contributed by atoms with van der Waals surface area (Å²) in [6, 6.07) is -2.82. The fraction of sp³-hybridized carbons (Fsp3) is 0.700. The van der Waals surface area contributed by atoms with Crippen molar-refractivity contribution in [2.45, 2.75) is 115 Å². The highest BCUT2D eigenvalue weighted by atomic mass is 32.3. The maximum atomic E-state index is 12.4. The van der Waals surface area contributed by atoms with E-state index >= 15 is 0 Å². The van der Waals surface area contributed by atoms with Crippen LogP contribution in [0.4, 0.5) is 4.79 Å². The zero-order chi connectivity index (χ0) is 49.8. The number of carbonyl (C=O) groups is 7. The standard InChI is InChI=1S/C16H26N2O5S.C12H20N4O6S.C12H17N3O4S/c1-16(2)8-10(16)13(19)18-12(15(22)23)6-4-3-5-7-24-9-11(17)14(20)21;17-11(14-8-3-5-13-6-4-8)10-2-1-9-7-15(10)12(18)16(9)22-23(19,20)21;1-6(16)9-7-4-8(20-3-2-14-5-13)10(12(18)19)15(7)11(9)17/h6,10-11H,3-5,7-9,17H2,1-2H3,(H,18,19)(H,20,21)(H,22,23);8-10,13H,1-7H2,(H,14,17)(H,19,20,21);5-7,9,16H,2-4H2,1H3,(H2,13,14)(H,18,19)/b12-6-;;/t10-,11+;9-,10+;6-,7-,9-/m111/s1. The summed E-state index contributed by atoms with van der Waals surface area (Å²) in [5, 5.41) is 46.0. The lowest BCUT2D eigenvalue weighted by Crippen LogP contribution is -2.61. The van der Waals surface area contributed by atoms with Crippen LogP contribution in [0, 0.1) is 17.3 Å². The number of nitrogens with two attached hydrogens (primary N) is 2. The Kier molecular flexibility index (Phi) is 20.3. The lowest BCUT2D eigenvalue weighted by atomic mass is 9.83. The van der Waals surface area contributed by atoms with E-state index in [1.54, 1.807) is 6.92 Å². The summed E-state index contributed by atoms with van der Waals surface area (Å²) in [5.41, 5.74) is 10.5. The summed E-state index contributed by atoms with van der Waals surface area (Å²) in [5.74, 6) is -2.89. The number of aliphatic hydroxyl groups is 1. The molecule has 6 rings (SSSR count). The van der Waals surface area contributed by atoms with Crippen LogP contribution in [-0.2, 0) is 43.5 Å². The van der Waals surface area contributed by atoms with Crippen molar-refractivity contribution in [3.8, 4) is 0 Å². The van der Waals surface area contributed by atoms with Gasteiger partial charge in [0.25, 0.3) is 0 Å². The lowest BCUT2D eigenvalue weighted by Gasteiger charge is -2.44. The van der Waals surface area contributed by atoms with Crippen molar-refractivity contribution < 1.29 is 71.2 Å². The molecule has 0 unspecified atom stereocenters. The van der Waals surface area contributed by atoms with Crippen molar-refractivity contribution in [1.29, 1.82) is 0 Å². The number of carbonyl (C=O) groups excluding carboxylic acids is 4. The van der Waals surface area contributed by atoms with E-state index < -0.39 is 64.5 Å². The number of aliphatic imine (C=N–C) groups is 1. The number of urea groups is 1. The number of unbranched alkanes of at least 4 members (excludes halogenated alkanes) is 2. The van der Waals surface area contributed by atoms with Crippen LogP contribution in [0.15, 0.2) is 27.4 Å². The predicted octanol–water partition coefficient (Wildman–Crippen LogP) is -0.0955. The van der Waals surface area contributed by atoms with Crippen LogP contribution in [0.25, 0.3) is 0 Å². The van der Waals surface area contributed by atoms with Crippen LogP contribution in [0.3, 0.4) is 0 Å². The summed E-state index contributed by atoms with van der Waals surface area (Å²) in [6.07, 6.45) is 7.92. The number of hydrogen-bond acceptors (Lipinski definition) is 16. The van der Waals surface area contributed by atoms with Gasteiger partial charge in [-0.2, -0.15) is 25.2 Å². The van der Waals surface area contributed by atoms with Crippen LogP contribution >= 0.6 is 23.5 Å². The molecule has 0 aromatic carbocycles. The molecule has 67 heavy (non-hydrogen) atoms. The zero-order valence-electron chi connectivity index (χ0n) is 37.6. The molecule has 6 aliphatic rings. The van der Waals surface area contributed by atoms with E-state index in [9.17, 15) is 52.2 Å². The number of aliphatic carboxylic acids is 3. The van der Waals surface area contributed by atoms with Crippen molar-refractivity contribution in [3.05, 3.63) is 22.4 Å². The number of allylic oxidation sites excluding steroid dienone is 1. The van der Waals surface area contributed by atoms with Gasteiger partial charge < -0.3 is 57.6 Å². The van der Waals surface area contributed by atoms with E-state index in [0.717, 1.165) is 50.9 Å². The van der Waals surface area contributed by atoms with Crippen LogP contribution in [0.5, 0.6) is 0 Å². The molecule has 0 aromatic heterocycles. The average molecular weight is 1010 g/mol. The smallest absolute Gasteiger partial charge is 0.418 e. The fourth-order valence-electron chi connectivity index (χ4n) is 8.23. The fourth-order valence-corrected chi connectivity index (χ4v) is 10.6. The molecular weight excluding hydrogens is 943 g/mol. The van der Waals surface area contributed by atoms with E-state index in [-0.39, 0.29) is 59.1 Å². The second-order valence-corrected chi connectivity index (χ2v) is 20.8. The highest BCUT2D eigenvalue weighted by Gasteiger charge is 2.57. The third-order valence-corrected chi connectivity index (χ3v) is 14.6. The van der Waals surface area contributed by atoms with Gasteiger partial charge >= 0.3 is 34.3 Å². The quantitative estimate of drug-likeness (QED) is 0.0179. The summed E-state index contributed by atoms with van der Waals surface area (Å²) < 4.78 is 34.8. The number of aliphatic hydroxyl groups excluding tert-OH is 1. The summed E-state index contributed by atoms with van der Waals surface area (Å²) in [7, 11) is -4.77. The molecule has 24 nitrogen and oxygen atoms in total. The van der Waals surface area contributed by atoms with Crippen molar-refractivity contribution >= 4 is 81.9 Å². The molecule has 0 radical (unpaired) electrons. The van der Waals surface area contributed by atoms with Crippen molar-refractivity contribution in [2.75, 3.05) is 43.4 Å². The predicted molar refractivity (Wildman–Crippen MR) is 245 cm³/mol. The minimum Gasteiger partial charge on any atom is -0.480 e. The van der Waals surface area contributed by atoms with Crippen LogP contribution < -0.4 is 27.4 Å². The largest absolute Gasteiger partial charge is 0.480 e. The Morgan fingerprint density at radius 1 is 1.04 bits per heavy atom. The van der Waals surface area contributed by atoms with Gasteiger partial charge in [-0.05, 0) is 82.5 Å². The molecule has 1 saturated carbocycles. The molecule has 1 aliphatic carbocycles. The van der Waals surface area contributed by atoms with Crippen LogP contribution in [0.2, 0.25) is 0 Å². The maximum Gasteiger partial charge on any atom is 0.418 e. The number of hydrogen-bond donors (Lipinski definition) is 10. The summed E-state index contributed by atoms with van der Waals surface area (Å²) >= 11 is 2.84. The van der Waals surface area contributed by atoms with Gasteiger partial charge in [-0.25, -0.2) is 14.4 Å². The van der Waals surface area contributed by atoms with Crippen molar-refractivity contribution in [1.82, 2.24) is 30.8 Å². The number of piperidine rings is 2. The minimum absolute atomic E-state index is 0.0400. The van der Waals surface area contributed by atoms with Gasteiger partial charge in [0.15, 0.2) is 0 Å². The Bertz CT molecular complexity index is 2050. The molecule has 376 valence electrons. The average Bonchev–Trinajstić information content (AvgIpc) is 3.69. The first-order valence-corrected chi connectivity index (χ1v) is 25.4. The molecular formula is C40H63N9O15S3. The molecule has 5 heterocycles. The SMILES string of the molecule is CC1(C)C[C@@H]1C(=O)N/C(=C\CCCCSC[C@H](N)C(=O)O)C(=O)O.C[C@@H](O)[C@H]1C(=O)N2C(C(=O)O)=C(SCCN=CN)C[C@H]12.O=C(NC1CCNCC1)[C@@H]1CC[C@@H]2CN1C(=O)N2OS(=O)(=O)O. The molecule has 27 heteroatoms. The molecule has 2 bridgehead atoms. The van der Waals surface area contributed by atoms with Crippen molar-refractivity contribution in [2.24, 2.45) is 33.7 Å². The number of amides is 5. The number of nitrogens with zero attached hydrogens (tertiary/aromatic N) is 4. The first kappa shape index (κ1) is 55.1. The third kappa shape index (κ3) is 15.5. The van der Waals surface area contributed by atoms with E-state index in [4.69, 9.17) is 26.2 Å². The van der Waals surface area contributed by atoms with Gasteiger partial charge in [0.1, 0.15) is 23.5 Å². The van der Waals surface area contributed by atoms with Crippen LogP contribution in [0.1, 0.15) is 78.6 Å². The van der Waals surface area contributed by atoms with E-state index in [1.807, 2.05) is 13.8 Å². The summed E-state index contributed by atoms with van der Waals surface area (Å²) in [6.45, 7) is 7.91. The number of nitrogens with one attached hydrogen (secondary N) is 3. The van der Waals surface area contributed by atoms with E-state index in [2.05, 4.69) is 25.2 Å². The molecule has 7 atom stereocenters. The topological polar surface area (TPSA) is 374 Å². The number of thioether (sulfide) groups is 2. The number of carboxylic acid groups (broad SMARTS) is 3. The number of hydroxylamine groups is 2. The molecule has 0 spiro atoms. The van der Waals surface area contributed by atoms with Crippen LogP contribution in [-0.4, -0.2) is 176 Å². The van der Waals surface area contributed by atoms with Gasteiger partial charge in [-0.1, -0.05) is 19.9 Å². The maximum absolute atomic E-state index is 12.4. The molecule has 12 N–H and O–H groups in total. The van der Waals surface area contributed by atoms with Gasteiger partial charge in [-0.3, -0.25) is 28.7 Å².